The molecule has 0 aliphatic carbocycles. The van der Waals surface area contributed by atoms with Gasteiger partial charge in [-0.1, -0.05) is 38.1 Å². The lowest BCUT2D eigenvalue weighted by Crippen LogP contribution is -2.27. The summed E-state index contributed by atoms with van der Waals surface area (Å²) in [6.07, 6.45) is 3.59. The zero-order chi connectivity index (χ0) is 14.4. The minimum atomic E-state index is -0.123. The van der Waals surface area contributed by atoms with Crippen LogP contribution in [0.3, 0.4) is 0 Å². The Morgan fingerprint density at radius 2 is 2.21 bits per heavy atom. The molecule has 0 radical (unpaired) electrons. The van der Waals surface area contributed by atoms with Gasteiger partial charge in [0.15, 0.2) is 5.16 Å². The van der Waals surface area contributed by atoms with Crippen molar-refractivity contribution in [2.75, 3.05) is 5.75 Å². The lowest BCUT2D eigenvalue weighted by molar-refractivity contribution is 0.415. The third-order valence-electron chi connectivity index (χ3n) is 3.01. The molecule has 4 nitrogen and oxygen atoms in total. The molecule has 1 rings (SSSR count). The molecule has 0 amide bonds. The monoisotopic (exact) mass is 282 g/mol. The van der Waals surface area contributed by atoms with Crippen LogP contribution in [0.1, 0.15) is 45.1 Å². The van der Waals surface area contributed by atoms with Gasteiger partial charge in [0.25, 0.3) is 5.56 Å². The number of aromatic nitrogens is 2. The van der Waals surface area contributed by atoms with E-state index in [9.17, 15) is 9.90 Å². The fourth-order valence-corrected chi connectivity index (χ4v) is 2.86. The van der Waals surface area contributed by atoms with E-state index in [0.717, 1.165) is 12.8 Å². The normalized spacial score (nSPS) is 12.4. The van der Waals surface area contributed by atoms with E-state index in [1.54, 1.807) is 10.6 Å². The van der Waals surface area contributed by atoms with E-state index < -0.39 is 0 Å². The average Bonchev–Trinajstić information content (AvgIpc) is 2.36. The maximum Gasteiger partial charge on any atom is 0.261 e. The van der Waals surface area contributed by atoms with Crippen molar-refractivity contribution in [3.05, 3.63) is 28.6 Å². The molecule has 0 unspecified atom stereocenters. The summed E-state index contributed by atoms with van der Waals surface area (Å²) < 4.78 is 1.62. The van der Waals surface area contributed by atoms with Gasteiger partial charge < -0.3 is 5.11 Å². The number of thioether (sulfide) groups is 1. The Morgan fingerprint density at radius 1 is 1.53 bits per heavy atom. The molecule has 1 aromatic rings. The molecule has 1 N–H and O–H groups in total. The second-order valence-electron chi connectivity index (χ2n) is 4.47. The predicted octanol–water partition coefficient (Wildman–Crippen LogP) is 3.15. The van der Waals surface area contributed by atoms with Crippen LogP contribution in [0.5, 0.6) is 5.88 Å². The number of aromatic hydroxyl groups is 1. The van der Waals surface area contributed by atoms with Crippen LogP contribution >= 0.6 is 11.8 Å². The smallest absolute Gasteiger partial charge is 0.261 e. The lowest BCUT2D eigenvalue weighted by Gasteiger charge is -2.16. The van der Waals surface area contributed by atoms with Crippen molar-refractivity contribution in [3.63, 3.8) is 0 Å². The predicted molar refractivity (Wildman–Crippen MR) is 80.1 cm³/mol. The van der Waals surface area contributed by atoms with Crippen molar-refractivity contribution in [1.82, 2.24) is 9.55 Å². The first-order chi connectivity index (χ1) is 9.06. The highest BCUT2D eigenvalue weighted by molar-refractivity contribution is 7.99. The van der Waals surface area contributed by atoms with Gasteiger partial charge in [0.05, 0.1) is 5.56 Å². The zero-order valence-electron chi connectivity index (χ0n) is 11.8. The first-order valence-corrected chi connectivity index (χ1v) is 7.62. The van der Waals surface area contributed by atoms with E-state index >= 15 is 0 Å². The van der Waals surface area contributed by atoms with E-state index in [2.05, 4.69) is 18.5 Å². The van der Waals surface area contributed by atoms with Gasteiger partial charge in [-0.3, -0.25) is 9.36 Å². The number of nitrogens with zero attached hydrogens (tertiary/aromatic N) is 2. The zero-order valence-corrected chi connectivity index (χ0v) is 12.7. The summed E-state index contributed by atoms with van der Waals surface area (Å²) in [7, 11) is 0. The summed E-state index contributed by atoms with van der Waals surface area (Å²) in [5, 5.41) is 10.6. The molecule has 0 saturated heterocycles. The fraction of sp³-hybridized carbons (Fsp3) is 0.571. The summed E-state index contributed by atoms with van der Waals surface area (Å²) in [5.41, 5.74) is 0.314. The van der Waals surface area contributed by atoms with Gasteiger partial charge >= 0.3 is 0 Å². The number of hydrogen-bond acceptors (Lipinski definition) is 4. The largest absolute Gasteiger partial charge is 0.493 e. The molecule has 1 heterocycles. The van der Waals surface area contributed by atoms with Crippen molar-refractivity contribution >= 4 is 11.8 Å². The van der Waals surface area contributed by atoms with E-state index in [1.165, 1.54) is 11.8 Å². The molecule has 0 aliphatic heterocycles. The Kier molecular flexibility index (Phi) is 6.15. The van der Waals surface area contributed by atoms with Gasteiger partial charge in [0.1, 0.15) is 0 Å². The average molecular weight is 282 g/mol. The third-order valence-corrected chi connectivity index (χ3v) is 3.98. The second-order valence-corrected chi connectivity index (χ2v) is 5.46. The van der Waals surface area contributed by atoms with Crippen LogP contribution in [-0.4, -0.2) is 20.4 Å². The van der Waals surface area contributed by atoms with E-state index in [-0.39, 0.29) is 17.4 Å². The Labute approximate surface area is 118 Å². The molecule has 0 spiro atoms. The van der Waals surface area contributed by atoms with Crippen LogP contribution in [0, 0.1) is 0 Å². The summed E-state index contributed by atoms with van der Waals surface area (Å²) in [6, 6.07) is 0. The van der Waals surface area contributed by atoms with Crippen molar-refractivity contribution in [2.45, 2.75) is 51.2 Å². The van der Waals surface area contributed by atoms with Gasteiger partial charge in [0.2, 0.25) is 5.88 Å². The van der Waals surface area contributed by atoms with E-state index in [1.807, 2.05) is 13.8 Å². The minimum Gasteiger partial charge on any atom is -0.493 e. The molecule has 0 bridgehead atoms. The minimum absolute atomic E-state index is 0.0289. The van der Waals surface area contributed by atoms with Gasteiger partial charge in [0, 0.05) is 12.3 Å². The third kappa shape index (κ3) is 3.62. The quantitative estimate of drug-likeness (QED) is 0.474. The van der Waals surface area contributed by atoms with Crippen molar-refractivity contribution in [2.24, 2.45) is 0 Å². The number of hydrogen-bond donors (Lipinski definition) is 1. The van der Waals surface area contributed by atoms with Gasteiger partial charge in [-0.25, -0.2) is 0 Å². The highest BCUT2D eigenvalue weighted by Gasteiger charge is 2.20. The van der Waals surface area contributed by atoms with Gasteiger partial charge in [-0.05, 0) is 19.3 Å². The van der Waals surface area contributed by atoms with Crippen molar-refractivity contribution in [3.8, 4) is 5.88 Å². The molecular weight excluding hydrogens is 260 g/mol. The molecular formula is C14H22N2O2S. The molecule has 19 heavy (non-hydrogen) atoms. The molecule has 0 saturated carbocycles. The summed E-state index contributed by atoms with van der Waals surface area (Å²) >= 11 is 1.41. The maximum atomic E-state index is 12.4. The molecule has 1 atom stereocenters. The SMILES string of the molecule is C=CCSc1nc(O)c([C@H](C)CCC)c(=O)n1CC. The fourth-order valence-electron chi connectivity index (χ4n) is 2.07. The Hall–Kier alpha value is -1.23. The summed E-state index contributed by atoms with van der Waals surface area (Å²) in [4.78, 5) is 16.6. The molecule has 106 valence electrons. The summed E-state index contributed by atoms with van der Waals surface area (Å²) in [5.74, 6) is 0.568. The van der Waals surface area contributed by atoms with Crippen molar-refractivity contribution < 1.29 is 5.11 Å². The van der Waals surface area contributed by atoms with Crippen LogP contribution < -0.4 is 5.56 Å². The highest BCUT2D eigenvalue weighted by Crippen LogP contribution is 2.26. The maximum absolute atomic E-state index is 12.4. The van der Waals surface area contributed by atoms with Gasteiger partial charge in [-0.2, -0.15) is 4.98 Å². The molecule has 0 aliphatic rings. The Morgan fingerprint density at radius 3 is 2.74 bits per heavy atom. The topological polar surface area (TPSA) is 55.1 Å². The Bertz CT molecular complexity index is 497. The first-order valence-electron chi connectivity index (χ1n) is 6.64. The lowest BCUT2D eigenvalue weighted by atomic mass is 9.98. The van der Waals surface area contributed by atoms with E-state index in [4.69, 9.17) is 0 Å². The highest BCUT2D eigenvalue weighted by atomic mass is 32.2. The van der Waals surface area contributed by atoms with Crippen LogP contribution in [0.25, 0.3) is 0 Å². The standard InChI is InChI=1S/C14H22N2O2S/c1-5-8-10(4)11-12(17)15-14(19-9-6-2)16(7-3)13(11)18/h6,10,17H,2,5,7-9H2,1,3-4H3/t10-/m1/s1. The summed E-state index contributed by atoms with van der Waals surface area (Å²) in [6.45, 7) is 10.1. The van der Waals surface area contributed by atoms with Crippen LogP contribution in [0.2, 0.25) is 0 Å². The second kappa shape index (κ2) is 7.38. The molecule has 0 aromatic carbocycles. The van der Waals surface area contributed by atoms with Crippen molar-refractivity contribution in [1.29, 1.82) is 0 Å². The molecule has 0 fully saturated rings. The van der Waals surface area contributed by atoms with Crippen LogP contribution in [-0.2, 0) is 6.54 Å². The van der Waals surface area contributed by atoms with E-state index in [0.29, 0.717) is 23.0 Å². The van der Waals surface area contributed by atoms with Crippen LogP contribution in [0.15, 0.2) is 22.6 Å². The molecule has 5 heteroatoms. The molecule has 1 aromatic heterocycles. The Balaban J connectivity index is 3.29. The van der Waals surface area contributed by atoms with Gasteiger partial charge in [-0.15, -0.1) is 6.58 Å². The first kappa shape index (κ1) is 15.8. The number of rotatable bonds is 7. The van der Waals surface area contributed by atoms with Crippen LogP contribution in [0.4, 0.5) is 0 Å².